The van der Waals surface area contributed by atoms with Crippen LogP contribution in [0.25, 0.3) is 10.9 Å². The average Bonchev–Trinajstić information content (AvgIpc) is 2.26. The molecule has 0 unspecified atom stereocenters. The van der Waals surface area contributed by atoms with Crippen LogP contribution in [-0.2, 0) is 6.42 Å². The van der Waals surface area contributed by atoms with Crippen molar-refractivity contribution in [3.63, 3.8) is 0 Å². The van der Waals surface area contributed by atoms with Gasteiger partial charge in [0.15, 0.2) is 0 Å². The molecule has 0 bridgehead atoms. The Kier molecular flexibility index (Phi) is 3.64. The SMILES string of the molecule is Cc1cc(C)c2c(C)cc(CC(C)(C)CN)nc2c1. The van der Waals surface area contributed by atoms with Gasteiger partial charge in [0, 0.05) is 11.1 Å². The van der Waals surface area contributed by atoms with Gasteiger partial charge in [-0.15, -0.1) is 0 Å². The first-order chi connectivity index (χ1) is 8.82. The van der Waals surface area contributed by atoms with E-state index in [0.29, 0.717) is 6.54 Å². The average molecular weight is 256 g/mol. The highest BCUT2D eigenvalue weighted by Gasteiger charge is 2.18. The van der Waals surface area contributed by atoms with Crippen LogP contribution in [-0.4, -0.2) is 11.5 Å². The van der Waals surface area contributed by atoms with Crippen LogP contribution in [0.3, 0.4) is 0 Å². The van der Waals surface area contributed by atoms with Crippen LogP contribution in [0.5, 0.6) is 0 Å². The maximum Gasteiger partial charge on any atom is 0.0713 e. The Balaban J connectivity index is 2.55. The predicted molar refractivity (Wildman–Crippen MR) is 82.5 cm³/mol. The third-order valence-corrected chi connectivity index (χ3v) is 3.71. The van der Waals surface area contributed by atoms with Crippen molar-refractivity contribution in [1.29, 1.82) is 0 Å². The van der Waals surface area contributed by atoms with Gasteiger partial charge in [0.05, 0.1) is 5.52 Å². The minimum atomic E-state index is 0.103. The van der Waals surface area contributed by atoms with Crippen LogP contribution in [0.15, 0.2) is 18.2 Å². The third kappa shape index (κ3) is 2.95. The highest BCUT2D eigenvalue weighted by Crippen LogP contribution is 2.26. The fourth-order valence-corrected chi connectivity index (χ4v) is 2.71. The van der Waals surface area contributed by atoms with Gasteiger partial charge in [-0.1, -0.05) is 19.9 Å². The zero-order valence-electron chi connectivity index (χ0n) is 12.7. The van der Waals surface area contributed by atoms with Gasteiger partial charge in [0.25, 0.3) is 0 Å². The van der Waals surface area contributed by atoms with E-state index in [1.165, 1.54) is 22.1 Å². The number of nitrogens with zero attached hydrogens (tertiary/aromatic N) is 1. The Morgan fingerprint density at radius 3 is 2.32 bits per heavy atom. The molecule has 0 aliphatic heterocycles. The van der Waals surface area contributed by atoms with E-state index in [-0.39, 0.29) is 5.41 Å². The van der Waals surface area contributed by atoms with Crippen LogP contribution in [0.2, 0.25) is 0 Å². The molecular weight excluding hydrogens is 232 g/mol. The lowest BCUT2D eigenvalue weighted by Crippen LogP contribution is -2.26. The monoisotopic (exact) mass is 256 g/mol. The summed E-state index contributed by atoms with van der Waals surface area (Å²) in [6.07, 6.45) is 0.924. The number of fused-ring (bicyclic) bond motifs is 1. The summed E-state index contributed by atoms with van der Waals surface area (Å²) in [6.45, 7) is 11.5. The Morgan fingerprint density at radius 2 is 1.68 bits per heavy atom. The number of pyridine rings is 1. The summed E-state index contributed by atoms with van der Waals surface area (Å²) in [5, 5.41) is 1.29. The summed E-state index contributed by atoms with van der Waals surface area (Å²) in [5.41, 5.74) is 12.1. The van der Waals surface area contributed by atoms with E-state index in [0.717, 1.165) is 17.6 Å². The summed E-state index contributed by atoms with van der Waals surface area (Å²) in [5.74, 6) is 0. The number of aromatic nitrogens is 1. The minimum Gasteiger partial charge on any atom is -0.330 e. The molecule has 0 aliphatic carbocycles. The van der Waals surface area contributed by atoms with Gasteiger partial charge < -0.3 is 5.73 Å². The molecule has 2 nitrogen and oxygen atoms in total. The molecule has 0 spiro atoms. The summed E-state index contributed by atoms with van der Waals surface area (Å²) in [7, 11) is 0. The molecule has 0 saturated heterocycles. The molecule has 19 heavy (non-hydrogen) atoms. The minimum absolute atomic E-state index is 0.103. The Bertz CT molecular complexity index is 612. The summed E-state index contributed by atoms with van der Waals surface area (Å²) < 4.78 is 0. The van der Waals surface area contributed by atoms with E-state index in [4.69, 9.17) is 10.7 Å². The van der Waals surface area contributed by atoms with Crippen LogP contribution >= 0.6 is 0 Å². The Hall–Kier alpha value is -1.41. The molecule has 2 aromatic rings. The van der Waals surface area contributed by atoms with Gasteiger partial charge in [0.2, 0.25) is 0 Å². The van der Waals surface area contributed by atoms with Crippen molar-refractivity contribution in [1.82, 2.24) is 4.98 Å². The highest BCUT2D eigenvalue weighted by atomic mass is 14.7. The van der Waals surface area contributed by atoms with Gasteiger partial charge in [0.1, 0.15) is 0 Å². The summed E-state index contributed by atoms with van der Waals surface area (Å²) >= 11 is 0. The van der Waals surface area contributed by atoms with Crippen molar-refractivity contribution >= 4 is 10.9 Å². The van der Waals surface area contributed by atoms with E-state index in [2.05, 4.69) is 52.8 Å². The number of benzene rings is 1. The topological polar surface area (TPSA) is 38.9 Å². The lowest BCUT2D eigenvalue weighted by Gasteiger charge is -2.22. The number of rotatable bonds is 3. The fraction of sp³-hybridized carbons (Fsp3) is 0.471. The van der Waals surface area contributed by atoms with Crippen molar-refractivity contribution in [2.45, 2.75) is 41.0 Å². The molecule has 1 heterocycles. The molecular formula is C17H24N2. The zero-order valence-corrected chi connectivity index (χ0v) is 12.7. The van der Waals surface area contributed by atoms with Crippen molar-refractivity contribution in [3.05, 3.63) is 40.6 Å². The second kappa shape index (κ2) is 4.93. The second-order valence-corrected chi connectivity index (χ2v) is 6.45. The van der Waals surface area contributed by atoms with Crippen molar-refractivity contribution < 1.29 is 0 Å². The first-order valence-electron chi connectivity index (χ1n) is 6.90. The van der Waals surface area contributed by atoms with Crippen LogP contribution in [0.1, 0.15) is 36.2 Å². The summed E-state index contributed by atoms with van der Waals surface area (Å²) in [4.78, 5) is 4.84. The predicted octanol–water partition coefficient (Wildman–Crippen LogP) is 3.69. The van der Waals surface area contributed by atoms with Crippen LogP contribution < -0.4 is 5.73 Å². The normalized spacial score (nSPS) is 12.1. The largest absolute Gasteiger partial charge is 0.330 e. The van der Waals surface area contributed by atoms with Crippen molar-refractivity contribution in [2.24, 2.45) is 11.1 Å². The second-order valence-electron chi connectivity index (χ2n) is 6.45. The highest BCUT2D eigenvalue weighted by molar-refractivity contribution is 5.86. The Labute approximate surface area is 116 Å². The van der Waals surface area contributed by atoms with Crippen molar-refractivity contribution in [3.8, 4) is 0 Å². The standard InChI is InChI=1S/C17H24N2/c1-11-6-12(2)16-13(3)8-14(19-15(16)7-11)9-17(4,5)10-18/h6-8H,9-10,18H2,1-5H3. The first kappa shape index (κ1) is 14.0. The van der Waals surface area contributed by atoms with Gasteiger partial charge in [-0.2, -0.15) is 0 Å². The van der Waals surface area contributed by atoms with Crippen LogP contribution in [0.4, 0.5) is 0 Å². The quantitative estimate of drug-likeness (QED) is 0.909. The van der Waals surface area contributed by atoms with E-state index < -0.39 is 0 Å². The zero-order chi connectivity index (χ0) is 14.2. The lowest BCUT2D eigenvalue weighted by atomic mass is 9.87. The van der Waals surface area contributed by atoms with Crippen LogP contribution in [0, 0.1) is 26.2 Å². The lowest BCUT2D eigenvalue weighted by molar-refractivity contribution is 0.373. The van der Waals surface area contributed by atoms with E-state index in [1.807, 2.05) is 0 Å². The number of nitrogens with two attached hydrogens (primary N) is 1. The van der Waals surface area contributed by atoms with Gasteiger partial charge in [-0.3, -0.25) is 4.98 Å². The molecule has 0 fully saturated rings. The van der Waals surface area contributed by atoms with E-state index in [1.54, 1.807) is 0 Å². The molecule has 102 valence electrons. The molecule has 0 atom stereocenters. The third-order valence-electron chi connectivity index (χ3n) is 3.71. The molecule has 1 aromatic carbocycles. The number of hydrogen-bond acceptors (Lipinski definition) is 2. The van der Waals surface area contributed by atoms with E-state index >= 15 is 0 Å². The smallest absolute Gasteiger partial charge is 0.0713 e. The summed E-state index contributed by atoms with van der Waals surface area (Å²) in [6, 6.07) is 6.61. The maximum atomic E-state index is 5.83. The van der Waals surface area contributed by atoms with Gasteiger partial charge in [-0.25, -0.2) is 0 Å². The van der Waals surface area contributed by atoms with Crippen molar-refractivity contribution in [2.75, 3.05) is 6.54 Å². The van der Waals surface area contributed by atoms with Gasteiger partial charge in [-0.05, 0) is 68.0 Å². The molecule has 2 N–H and O–H groups in total. The van der Waals surface area contributed by atoms with Gasteiger partial charge >= 0.3 is 0 Å². The Morgan fingerprint density at radius 1 is 1.05 bits per heavy atom. The van der Waals surface area contributed by atoms with E-state index in [9.17, 15) is 0 Å². The molecule has 0 saturated carbocycles. The number of hydrogen-bond donors (Lipinski definition) is 1. The molecule has 0 radical (unpaired) electrons. The molecule has 0 amide bonds. The number of aryl methyl sites for hydroxylation is 3. The maximum absolute atomic E-state index is 5.83. The molecule has 1 aromatic heterocycles. The molecule has 2 heteroatoms. The fourth-order valence-electron chi connectivity index (χ4n) is 2.71. The first-order valence-corrected chi connectivity index (χ1v) is 6.90. The molecule has 2 rings (SSSR count). The molecule has 0 aliphatic rings.